The van der Waals surface area contributed by atoms with E-state index in [4.69, 9.17) is 21.1 Å². The Kier molecular flexibility index (Phi) is 7.36. The van der Waals surface area contributed by atoms with Crippen LogP contribution in [-0.2, 0) is 21.3 Å². The number of sulfonamides is 1. The van der Waals surface area contributed by atoms with Gasteiger partial charge < -0.3 is 14.8 Å². The first-order valence-corrected chi connectivity index (χ1v) is 11.4. The molecule has 1 aliphatic heterocycles. The lowest BCUT2D eigenvalue weighted by atomic mass is 10.1. The van der Waals surface area contributed by atoms with E-state index in [0.29, 0.717) is 28.4 Å². The van der Waals surface area contributed by atoms with Gasteiger partial charge in [-0.05, 0) is 55.3 Å². The van der Waals surface area contributed by atoms with Crippen LogP contribution >= 0.6 is 11.6 Å². The molecule has 0 bridgehead atoms. The predicted molar refractivity (Wildman–Crippen MR) is 114 cm³/mol. The number of methoxy groups -OCH3 is 1. The fourth-order valence-electron chi connectivity index (χ4n) is 3.27. The minimum Gasteiger partial charge on any atom is -0.496 e. The topological polar surface area (TPSA) is 84.9 Å². The molecule has 2 aromatic rings. The summed E-state index contributed by atoms with van der Waals surface area (Å²) in [6, 6.07) is 10.9. The third kappa shape index (κ3) is 5.31. The van der Waals surface area contributed by atoms with Crippen molar-refractivity contribution in [3.05, 3.63) is 58.6 Å². The zero-order valence-electron chi connectivity index (χ0n) is 16.9. The Morgan fingerprint density at radius 2 is 2.00 bits per heavy atom. The van der Waals surface area contributed by atoms with Gasteiger partial charge in [0, 0.05) is 42.9 Å². The summed E-state index contributed by atoms with van der Waals surface area (Å²) in [4.78, 5) is 12.7. The van der Waals surface area contributed by atoms with Crippen molar-refractivity contribution >= 4 is 27.5 Å². The van der Waals surface area contributed by atoms with Gasteiger partial charge >= 0.3 is 0 Å². The zero-order valence-corrected chi connectivity index (χ0v) is 18.5. The number of carbonyl (C=O) groups excluding carboxylic acids is 1. The first-order valence-electron chi connectivity index (χ1n) is 9.60. The summed E-state index contributed by atoms with van der Waals surface area (Å²) in [5, 5.41) is 3.33. The maximum absolute atomic E-state index is 12.9. The number of nitrogens with zero attached hydrogens (tertiary/aromatic N) is 1. The minimum absolute atomic E-state index is 0.0426. The molecule has 30 heavy (non-hydrogen) atoms. The fourth-order valence-corrected chi connectivity index (χ4v) is 4.54. The van der Waals surface area contributed by atoms with Crippen molar-refractivity contribution in [3.63, 3.8) is 0 Å². The molecule has 1 unspecified atom stereocenters. The molecule has 7 nitrogen and oxygen atoms in total. The van der Waals surface area contributed by atoms with Gasteiger partial charge in [-0.1, -0.05) is 11.6 Å². The molecule has 1 atom stereocenters. The molecule has 0 aliphatic carbocycles. The Morgan fingerprint density at radius 1 is 1.27 bits per heavy atom. The summed E-state index contributed by atoms with van der Waals surface area (Å²) < 4.78 is 37.8. The Balaban J connectivity index is 1.75. The summed E-state index contributed by atoms with van der Waals surface area (Å²) in [7, 11) is -0.748. The Hall–Kier alpha value is -2.13. The minimum atomic E-state index is -3.73. The highest BCUT2D eigenvalue weighted by atomic mass is 35.5. The standard InChI is InChI=1S/C21H25ClN2O5S/c1-24(30(26,27)19-8-6-17(22)7-9-19)14-16-12-15(5-10-20(16)28-2)21(25)23-13-18-4-3-11-29-18/h5-10,12,18H,3-4,11,13-14H2,1-2H3,(H,23,25). The van der Waals surface area contributed by atoms with Gasteiger partial charge in [0.2, 0.25) is 10.0 Å². The third-order valence-corrected chi connectivity index (χ3v) is 7.04. The number of hydrogen-bond donors (Lipinski definition) is 1. The SMILES string of the molecule is COc1ccc(C(=O)NCC2CCCO2)cc1CN(C)S(=O)(=O)c1ccc(Cl)cc1. The molecule has 3 rings (SSSR count). The number of nitrogens with one attached hydrogen (secondary N) is 1. The first kappa shape index (κ1) is 22.6. The van der Waals surface area contributed by atoms with Gasteiger partial charge in [-0.2, -0.15) is 4.31 Å². The van der Waals surface area contributed by atoms with E-state index < -0.39 is 10.0 Å². The summed E-state index contributed by atoms with van der Waals surface area (Å²) in [6.07, 6.45) is 1.98. The summed E-state index contributed by atoms with van der Waals surface area (Å²) in [5.74, 6) is 0.265. The van der Waals surface area contributed by atoms with Crippen LogP contribution in [0.25, 0.3) is 0 Å². The molecule has 0 aromatic heterocycles. The summed E-state index contributed by atoms with van der Waals surface area (Å²) in [6.45, 7) is 1.22. The molecule has 1 amide bonds. The molecule has 0 spiro atoms. The monoisotopic (exact) mass is 452 g/mol. The van der Waals surface area contributed by atoms with E-state index in [0.717, 1.165) is 19.4 Å². The van der Waals surface area contributed by atoms with Crippen LogP contribution in [0.4, 0.5) is 0 Å². The number of carbonyl (C=O) groups is 1. The average Bonchev–Trinajstić information content (AvgIpc) is 3.26. The van der Waals surface area contributed by atoms with Crippen LogP contribution in [0, 0.1) is 0 Å². The van der Waals surface area contributed by atoms with Crippen LogP contribution in [0.3, 0.4) is 0 Å². The van der Waals surface area contributed by atoms with E-state index in [2.05, 4.69) is 5.32 Å². The maximum atomic E-state index is 12.9. The lowest BCUT2D eigenvalue weighted by molar-refractivity contribution is 0.0857. The van der Waals surface area contributed by atoms with Gasteiger partial charge in [0.1, 0.15) is 5.75 Å². The molecular formula is C21H25ClN2O5S. The van der Waals surface area contributed by atoms with Crippen LogP contribution in [0.1, 0.15) is 28.8 Å². The highest BCUT2D eigenvalue weighted by molar-refractivity contribution is 7.89. The lowest BCUT2D eigenvalue weighted by Crippen LogP contribution is -2.32. The molecule has 1 fully saturated rings. The number of halogens is 1. The Labute approximate surface area is 182 Å². The molecule has 162 valence electrons. The van der Waals surface area contributed by atoms with Crippen molar-refractivity contribution in [1.82, 2.24) is 9.62 Å². The van der Waals surface area contributed by atoms with Crippen LogP contribution in [0.2, 0.25) is 5.02 Å². The summed E-state index contributed by atoms with van der Waals surface area (Å²) >= 11 is 5.85. The van der Waals surface area contributed by atoms with Crippen molar-refractivity contribution in [2.45, 2.75) is 30.4 Å². The predicted octanol–water partition coefficient (Wildman–Crippen LogP) is 3.08. The smallest absolute Gasteiger partial charge is 0.251 e. The third-order valence-electron chi connectivity index (χ3n) is 4.97. The maximum Gasteiger partial charge on any atom is 0.251 e. The van der Waals surface area contributed by atoms with Crippen molar-refractivity contribution in [2.24, 2.45) is 0 Å². The van der Waals surface area contributed by atoms with E-state index in [9.17, 15) is 13.2 Å². The molecule has 9 heteroatoms. The number of benzene rings is 2. The van der Waals surface area contributed by atoms with Crippen LogP contribution in [-0.4, -0.2) is 52.0 Å². The van der Waals surface area contributed by atoms with Gasteiger partial charge in [0.15, 0.2) is 0 Å². The van der Waals surface area contributed by atoms with Crippen LogP contribution in [0.5, 0.6) is 5.75 Å². The Morgan fingerprint density at radius 3 is 2.63 bits per heavy atom. The van der Waals surface area contributed by atoms with E-state index in [1.165, 1.54) is 42.7 Å². The fraction of sp³-hybridized carbons (Fsp3) is 0.381. The number of hydrogen-bond acceptors (Lipinski definition) is 5. The second kappa shape index (κ2) is 9.78. The number of rotatable bonds is 8. The molecular weight excluding hydrogens is 428 g/mol. The Bertz CT molecular complexity index is 989. The molecule has 1 saturated heterocycles. The number of amides is 1. The average molecular weight is 453 g/mol. The first-order chi connectivity index (χ1) is 14.3. The molecule has 1 aliphatic rings. The molecule has 1 N–H and O–H groups in total. The van der Waals surface area contributed by atoms with Gasteiger partial charge in [-0.15, -0.1) is 0 Å². The highest BCUT2D eigenvalue weighted by Gasteiger charge is 2.23. The molecule has 1 heterocycles. The highest BCUT2D eigenvalue weighted by Crippen LogP contribution is 2.25. The van der Waals surface area contributed by atoms with Crippen molar-refractivity contribution in [2.75, 3.05) is 27.3 Å². The zero-order chi connectivity index (χ0) is 21.7. The quantitative estimate of drug-likeness (QED) is 0.665. The molecule has 0 radical (unpaired) electrons. The van der Waals surface area contributed by atoms with Crippen molar-refractivity contribution in [3.8, 4) is 5.75 Å². The summed E-state index contributed by atoms with van der Waals surface area (Å²) in [5.41, 5.74) is 1.02. The largest absolute Gasteiger partial charge is 0.496 e. The van der Waals surface area contributed by atoms with Crippen LogP contribution in [0.15, 0.2) is 47.4 Å². The second-order valence-electron chi connectivity index (χ2n) is 7.09. The van der Waals surface area contributed by atoms with E-state index in [1.807, 2.05) is 0 Å². The molecule has 0 saturated carbocycles. The van der Waals surface area contributed by atoms with Gasteiger partial charge in [-0.25, -0.2) is 8.42 Å². The molecule has 2 aromatic carbocycles. The second-order valence-corrected chi connectivity index (χ2v) is 9.57. The normalized spacial score (nSPS) is 16.6. The van der Waals surface area contributed by atoms with E-state index in [1.54, 1.807) is 18.2 Å². The van der Waals surface area contributed by atoms with Crippen molar-refractivity contribution < 1.29 is 22.7 Å². The van der Waals surface area contributed by atoms with Crippen LogP contribution < -0.4 is 10.1 Å². The van der Waals surface area contributed by atoms with E-state index >= 15 is 0 Å². The van der Waals surface area contributed by atoms with Gasteiger partial charge in [0.25, 0.3) is 5.91 Å². The lowest BCUT2D eigenvalue weighted by Gasteiger charge is -2.19. The number of ether oxygens (including phenoxy) is 2. The van der Waals surface area contributed by atoms with Gasteiger partial charge in [0.05, 0.1) is 18.1 Å². The van der Waals surface area contributed by atoms with E-state index in [-0.39, 0.29) is 23.5 Å². The van der Waals surface area contributed by atoms with Gasteiger partial charge in [-0.3, -0.25) is 4.79 Å². The van der Waals surface area contributed by atoms with Crippen molar-refractivity contribution in [1.29, 1.82) is 0 Å².